The summed E-state index contributed by atoms with van der Waals surface area (Å²) in [5.74, 6) is -0.901. The Hall–Kier alpha value is -0.280. The summed E-state index contributed by atoms with van der Waals surface area (Å²) in [6.45, 7) is 4.66. The van der Waals surface area contributed by atoms with E-state index in [1.807, 2.05) is 0 Å². The van der Waals surface area contributed by atoms with Gasteiger partial charge in [-0.25, -0.2) is 0 Å². The monoisotopic (exact) mass is 221 g/mol. The van der Waals surface area contributed by atoms with Gasteiger partial charge in [0.05, 0.1) is 5.92 Å². The number of rotatable bonds is 3. The number of likely N-dealkylation sites (tertiary alicyclic amines) is 1. The first kappa shape index (κ1) is 13.7. The number of hydrogen-bond donors (Lipinski definition) is 1. The number of carboxylic acids is 1. The van der Waals surface area contributed by atoms with Crippen LogP contribution in [0.3, 0.4) is 0 Å². The molecule has 0 aromatic rings. The zero-order valence-corrected chi connectivity index (χ0v) is 9.55. The minimum atomic E-state index is -0.677. The summed E-state index contributed by atoms with van der Waals surface area (Å²) in [4.78, 5) is 12.9. The number of nitrogens with zero attached hydrogens (tertiary/aromatic N) is 1. The molecule has 1 aliphatic heterocycles. The lowest BCUT2D eigenvalue weighted by Gasteiger charge is -2.21. The quantitative estimate of drug-likeness (QED) is 0.793. The zero-order valence-electron chi connectivity index (χ0n) is 8.74. The van der Waals surface area contributed by atoms with Crippen molar-refractivity contribution in [1.82, 2.24) is 4.90 Å². The second kappa shape index (κ2) is 7.07. The van der Waals surface area contributed by atoms with Gasteiger partial charge in [-0.15, -0.1) is 12.4 Å². The van der Waals surface area contributed by atoms with Crippen LogP contribution in [0.4, 0.5) is 0 Å². The molecular formula is C10H20ClNO2. The topological polar surface area (TPSA) is 40.5 Å². The van der Waals surface area contributed by atoms with Gasteiger partial charge in [0, 0.05) is 6.54 Å². The van der Waals surface area contributed by atoms with E-state index in [-0.39, 0.29) is 18.3 Å². The van der Waals surface area contributed by atoms with E-state index in [1.165, 1.54) is 25.7 Å². The Morgan fingerprint density at radius 1 is 1.29 bits per heavy atom. The van der Waals surface area contributed by atoms with Crippen molar-refractivity contribution in [3.05, 3.63) is 0 Å². The highest BCUT2D eigenvalue weighted by molar-refractivity contribution is 5.85. The third-order valence-electron chi connectivity index (χ3n) is 2.65. The molecule has 84 valence electrons. The fourth-order valence-corrected chi connectivity index (χ4v) is 1.78. The van der Waals surface area contributed by atoms with Gasteiger partial charge < -0.3 is 10.0 Å². The second-order valence-electron chi connectivity index (χ2n) is 3.95. The van der Waals surface area contributed by atoms with Crippen LogP contribution >= 0.6 is 12.4 Å². The van der Waals surface area contributed by atoms with Gasteiger partial charge in [0.2, 0.25) is 0 Å². The largest absolute Gasteiger partial charge is 0.481 e. The van der Waals surface area contributed by atoms with Gasteiger partial charge in [-0.05, 0) is 25.9 Å². The van der Waals surface area contributed by atoms with Gasteiger partial charge >= 0.3 is 5.97 Å². The van der Waals surface area contributed by atoms with Gasteiger partial charge in [-0.3, -0.25) is 4.79 Å². The molecule has 0 amide bonds. The van der Waals surface area contributed by atoms with E-state index in [0.29, 0.717) is 0 Å². The van der Waals surface area contributed by atoms with Crippen molar-refractivity contribution in [1.29, 1.82) is 0 Å². The van der Waals surface area contributed by atoms with Gasteiger partial charge in [-0.1, -0.05) is 19.8 Å². The molecule has 0 aliphatic carbocycles. The molecule has 1 aliphatic rings. The Morgan fingerprint density at radius 3 is 2.21 bits per heavy atom. The predicted octanol–water partition coefficient (Wildman–Crippen LogP) is 2.00. The molecule has 1 saturated heterocycles. The van der Waals surface area contributed by atoms with Crippen LogP contribution in [0.5, 0.6) is 0 Å². The fourth-order valence-electron chi connectivity index (χ4n) is 1.78. The van der Waals surface area contributed by atoms with Crippen molar-refractivity contribution >= 4 is 18.4 Å². The van der Waals surface area contributed by atoms with Gasteiger partial charge in [0.15, 0.2) is 0 Å². The van der Waals surface area contributed by atoms with E-state index in [2.05, 4.69) is 4.90 Å². The Balaban J connectivity index is 0.00000169. The average Bonchev–Trinajstić information content (AvgIpc) is 2.32. The Morgan fingerprint density at radius 2 is 1.79 bits per heavy atom. The predicted molar refractivity (Wildman–Crippen MR) is 59.0 cm³/mol. The molecule has 1 N–H and O–H groups in total. The summed E-state index contributed by atoms with van der Waals surface area (Å²) < 4.78 is 0. The van der Waals surface area contributed by atoms with Crippen LogP contribution in [0.2, 0.25) is 0 Å². The molecule has 0 saturated carbocycles. The number of halogens is 1. The maximum Gasteiger partial charge on any atom is 0.307 e. The van der Waals surface area contributed by atoms with E-state index >= 15 is 0 Å². The van der Waals surface area contributed by atoms with Crippen molar-refractivity contribution in [2.45, 2.75) is 32.6 Å². The van der Waals surface area contributed by atoms with Crippen molar-refractivity contribution in [2.75, 3.05) is 19.6 Å². The third-order valence-corrected chi connectivity index (χ3v) is 2.65. The molecule has 1 heterocycles. The minimum Gasteiger partial charge on any atom is -0.481 e. The van der Waals surface area contributed by atoms with Gasteiger partial charge in [-0.2, -0.15) is 0 Å². The van der Waals surface area contributed by atoms with Crippen LogP contribution in [0.15, 0.2) is 0 Å². The van der Waals surface area contributed by atoms with Crippen LogP contribution in [-0.4, -0.2) is 35.6 Å². The minimum absolute atomic E-state index is 0. The molecule has 0 radical (unpaired) electrons. The maximum atomic E-state index is 10.6. The first-order chi connectivity index (χ1) is 6.20. The molecule has 0 aromatic carbocycles. The smallest absolute Gasteiger partial charge is 0.307 e. The Labute approximate surface area is 91.9 Å². The molecule has 1 unspecified atom stereocenters. The maximum absolute atomic E-state index is 10.6. The second-order valence-corrected chi connectivity index (χ2v) is 3.95. The molecule has 4 heteroatoms. The summed E-state index contributed by atoms with van der Waals surface area (Å²) in [6.07, 6.45) is 5.06. The lowest BCUT2D eigenvalue weighted by Crippen LogP contribution is -2.32. The molecule has 0 spiro atoms. The molecule has 1 fully saturated rings. The lowest BCUT2D eigenvalue weighted by molar-refractivity contribution is -0.141. The van der Waals surface area contributed by atoms with Crippen LogP contribution in [0, 0.1) is 5.92 Å². The zero-order chi connectivity index (χ0) is 9.68. The van der Waals surface area contributed by atoms with Crippen molar-refractivity contribution in [3.63, 3.8) is 0 Å². The molecule has 14 heavy (non-hydrogen) atoms. The number of carbonyl (C=O) groups is 1. The van der Waals surface area contributed by atoms with E-state index in [9.17, 15) is 4.79 Å². The fraction of sp³-hybridized carbons (Fsp3) is 0.900. The molecule has 1 atom stereocenters. The summed E-state index contributed by atoms with van der Waals surface area (Å²) in [5, 5.41) is 8.76. The summed E-state index contributed by atoms with van der Waals surface area (Å²) in [6, 6.07) is 0. The number of hydrogen-bond acceptors (Lipinski definition) is 2. The van der Waals surface area contributed by atoms with Crippen LogP contribution in [0.1, 0.15) is 32.6 Å². The van der Waals surface area contributed by atoms with Gasteiger partial charge in [0.25, 0.3) is 0 Å². The SMILES string of the molecule is CC(CN1CCCCCC1)C(=O)O.Cl. The van der Waals surface area contributed by atoms with E-state index in [0.717, 1.165) is 19.6 Å². The first-order valence-electron chi connectivity index (χ1n) is 5.15. The number of carboxylic acid groups (broad SMARTS) is 1. The highest BCUT2D eigenvalue weighted by Crippen LogP contribution is 2.11. The van der Waals surface area contributed by atoms with E-state index in [4.69, 9.17) is 5.11 Å². The van der Waals surface area contributed by atoms with Crippen LogP contribution in [0.25, 0.3) is 0 Å². The molecular weight excluding hydrogens is 202 g/mol. The molecule has 3 nitrogen and oxygen atoms in total. The lowest BCUT2D eigenvalue weighted by atomic mass is 10.1. The standard InChI is InChI=1S/C10H19NO2.ClH/c1-9(10(12)13)8-11-6-4-2-3-5-7-11;/h9H,2-8H2,1H3,(H,12,13);1H. The summed E-state index contributed by atoms with van der Waals surface area (Å²) in [7, 11) is 0. The third kappa shape index (κ3) is 4.82. The van der Waals surface area contributed by atoms with Crippen LogP contribution < -0.4 is 0 Å². The van der Waals surface area contributed by atoms with Gasteiger partial charge in [0.1, 0.15) is 0 Å². The molecule has 0 bridgehead atoms. The van der Waals surface area contributed by atoms with Crippen molar-refractivity contribution in [3.8, 4) is 0 Å². The first-order valence-corrected chi connectivity index (χ1v) is 5.15. The van der Waals surface area contributed by atoms with E-state index in [1.54, 1.807) is 6.92 Å². The van der Waals surface area contributed by atoms with Crippen molar-refractivity contribution < 1.29 is 9.90 Å². The average molecular weight is 222 g/mol. The summed E-state index contributed by atoms with van der Waals surface area (Å²) >= 11 is 0. The van der Waals surface area contributed by atoms with Crippen LogP contribution in [-0.2, 0) is 4.79 Å². The molecule has 0 aromatic heterocycles. The van der Waals surface area contributed by atoms with Crippen molar-refractivity contribution in [2.24, 2.45) is 5.92 Å². The summed E-state index contributed by atoms with van der Waals surface area (Å²) in [5.41, 5.74) is 0. The van der Waals surface area contributed by atoms with E-state index < -0.39 is 5.97 Å². The number of aliphatic carboxylic acids is 1. The Kier molecular flexibility index (Phi) is 6.93. The highest BCUT2D eigenvalue weighted by Gasteiger charge is 2.16. The Bertz CT molecular complexity index is 168. The normalized spacial score (nSPS) is 20.6. The highest BCUT2D eigenvalue weighted by atomic mass is 35.5. The molecule has 1 rings (SSSR count).